The van der Waals surface area contributed by atoms with Gasteiger partial charge in [-0.05, 0) is 43.5 Å². The summed E-state index contributed by atoms with van der Waals surface area (Å²) in [4.78, 5) is 14.6. The average molecular weight is 379 g/mol. The van der Waals surface area contributed by atoms with Gasteiger partial charge in [-0.15, -0.1) is 0 Å². The van der Waals surface area contributed by atoms with E-state index in [0.717, 1.165) is 31.2 Å². The number of sulfone groups is 1. The van der Waals surface area contributed by atoms with Gasteiger partial charge in [-0.3, -0.25) is 4.79 Å². The topological polar surface area (TPSA) is 54.5 Å². The molecule has 1 aliphatic rings. The lowest BCUT2D eigenvalue weighted by molar-refractivity contribution is 0.0727. The number of amides is 1. The maximum absolute atomic E-state index is 14.0. The predicted molar refractivity (Wildman–Crippen MR) is 93.5 cm³/mol. The summed E-state index contributed by atoms with van der Waals surface area (Å²) in [6, 6.07) is 7.67. The SMILES string of the molecule is Cc1ccc(S(C)(=O)=O)cc1C(=O)N(Cc1ccc(F)cc1F)C1CC1. The fraction of sp³-hybridized carbons (Fsp3) is 0.316. The molecule has 0 heterocycles. The van der Waals surface area contributed by atoms with Crippen molar-refractivity contribution in [1.29, 1.82) is 0 Å². The Balaban J connectivity index is 1.95. The maximum Gasteiger partial charge on any atom is 0.254 e. The van der Waals surface area contributed by atoms with Crippen LogP contribution in [0.25, 0.3) is 0 Å². The van der Waals surface area contributed by atoms with Gasteiger partial charge in [-0.25, -0.2) is 17.2 Å². The van der Waals surface area contributed by atoms with Gasteiger partial charge in [-0.1, -0.05) is 12.1 Å². The van der Waals surface area contributed by atoms with Gasteiger partial charge < -0.3 is 4.90 Å². The van der Waals surface area contributed by atoms with Crippen molar-refractivity contribution in [3.05, 3.63) is 64.7 Å². The van der Waals surface area contributed by atoms with E-state index in [1.165, 1.54) is 23.1 Å². The molecule has 0 N–H and O–H groups in total. The highest BCUT2D eigenvalue weighted by molar-refractivity contribution is 7.90. The number of halogens is 2. The van der Waals surface area contributed by atoms with Gasteiger partial charge in [0.25, 0.3) is 5.91 Å². The van der Waals surface area contributed by atoms with Crippen LogP contribution in [0.2, 0.25) is 0 Å². The first-order chi connectivity index (χ1) is 12.2. The van der Waals surface area contributed by atoms with Crippen LogP contribution in [0, 0.1) is 18.6 Å². The third-order valence-corrected chi connectivity index (χ3v) is 5.58. The first-order valence-electron chi connectivity index (χ1n) is 8.22. The second-order valence-electron chi connectivity index (χ2n) is 6.65. The minimum atomic E-state index is -3.45. The molecule has 3 rings (SSSR count). The molecule has 1 fully saturated rings. The summed E-state index contributed by atoms with van der Waals surface area (Å²) in [5.41, 5.74) is 1.15. The number of carbonyl (C=O) groups is 1. The molecule has 0 spiro atoms. The molecule has 0 atom stereocenters. The first-order valence-corrected chi connectivity index (χ1v) is 10.1. The molecule has 2 aromatic carbocycles. The monoisotopic (exact) mass is 379 g/mol. The van der Waals surface area contributed by atoms with Crippen molar-refractivity contribution in [3.8, 4) is 0 Å². The van der Waals surface area contributed by atoms with Gasteiger partial charge >= 0.3 is 0 Å². The van der Waals surface area contributed by atoms with E-state index >= 15 is 0 Å². The standard InChI is InChI=1S/C19H19F2NO3S/c1-12-3-8-16(26(2,24)25)10-17(12)19(23)22(15-6-7-15)11-13-4-5-14(20)9-18(13)21/h3-5,8-10,15H,6-7,11H2,1-2H3. The molecule has 7 heteroatoms. The Hall–Kier alpha value is -2.28. The van der Waals surface area contributed by atoms with E-state index in [0.29, 0.717) is 5.56 Å². The molecule has 0 aliphatic heterocycles. The molecule has 1 saturated carbocycles. The average Bonchev–Trinajstić information content (AvgIpc) is 3.37. The highest BCUT2D eigenvalue weighted by atomic mass is 32.2. The molecule has 0 radical (unpaired) electrons. The summed E-state index contributed by atoms with van der Waals surface area (Å²) >= 11 is 0. The molecule has 1 amide bonds. The Bertz CT molecular complexity index is 969. The molecule has 0 aromatic heterocycles. The number of aryl methyl sites for hydroxylation is 1. The van der Waals surface area contributed by atoms with Crippen LogP contribution in [0.1, 0.15) is 34.3 Å². The van der Waals surface area contributed by atoms with Gasteiger partial charge in [0.2, 0.25) is 0 Å². The summed E-state index contributed by atoms with van der Waals surface area (Å²) in [6.07, 6.45) is 2.69. The molecule has 4 nitrogen and oxygen atoms in total. The van der Waals surface area contributed by atoms with E-state index in [4.69, 9.17) is 0 Å². The largest absolute Gasteiger partial charge is 0.331 e. The van der Waals surface area contributed by atoms with E-state index in [1.807, 2.05) is 0 Å². The zero-order valence-corrected chi connectivity index (χ0v) is 15.3. The van der Waals surface area contributed by atoms with Gasteiger partial charge in [0.05, 0.1) is 4.90 Å². The molecule has 0 unspecified atom stereocenters. The molecule has 1 aliphatic carbocycles. The summed E-state index contributed by atoms with van der Waals surface area (Å²) in [5, 5.41) is 0. The lowest BCUT2D eigenvalue weighted by Gasteiger charge is -2.24. The second kappa shape index (κ2) is 6.79. The molecular formula is C19H19F2NO3S. The lowest BCUT2D eigenvalue weighted by Crippen LogP contribution is -2.33. The number of rotatable bonds is 5. The van der Waals surface area contributed by atoms with Crippen LogP contribution in [-0.2, 0) is 16.4 Å². The van der Waals surface area contributed by atoms with E-state index in [2.05, 4.69) is 0 Å². The molecule has 2 aromatic rings. The Labute approximate surface area is 151 Å². The van der Waals surface area contributed by atoms with Gasteiger partial charge in [-0.2, -0.15) is 0 Å². The normalized spacial score (nSPS) is 14.3. The smallest absolute Gasteiger partial charge is 0.254 e. The van der Waals surface area contributed by atoms with Crippen LogP contribution in [0.3, 0.4) is 0 Å². The van der Waals surface area contributed by atoms with E-state index in [-0.39, 0.29) is 34.5 Å². The Morgan fingerprint density at radius 1 is 1.15 bits per heavy atom. The van der Waals surface area contributed by atoms with E-state index < -0.39 is 21.5 Å². The molecule has 0 saturated heterocycles. The Kier molecular flexibility index (Phi) is 4.84. The Morgan fingerprint density at radius 2 is 1.85 bits per heavy atom. The van der Waals surface area contributed by atoms with Crippen LogP contribution in [0.15, 0.2) is 41.3 Å². The maximum atomic E-state index is 14.0. The Morgan fingerprint density at radius 3 is 2.42 bits per heavy atom. The fourth-order valence-electron chi connectivity index (χ4n) is 2.80. The van der Waals surface area contributed by atoms with Crippen LogP contribution in [-0.4, -0.2) is 31.5 Å². The van der Waals surface area contributed by atoms with Gasteiger partial charge in [0.15, 0.2) is 9.84 Å². The number of carbonyl (C=O) groups excluding carboxylic acids is 1. The zero-order valence-electron chi connectivity index (χ0n) is 14.5. The third kappa shape index (κ3) is 3.93. The molecular weight excluding hydrogens is 360 g/mol. The molecule has 26 heavy (non-hydrogen) atoms. The van der Waals surface area contributed by atoms with Crippen molar-refractivity contribution in [2.75, 3.05) is 6.26 Å². The van der Waals surface area contributed by atoms with Crippen molar-refractivity contribution in [2.24, 2.45) is 0 Å². The van der Waals surface area contributed by atoms with Gasteiger partial charge in [0, 0.05) is 36.0 Å². The lowest BCUT2D eigenvalue weighted by atomic mass is 10.1. The number of hydrogen-bond donors (Lipinski definition) is 0. The zero-order chi connectivity index (χ0) is 19.1. The third-order valence-electron chi connectivity index (χ3n) is 4.47. The highest BCUT2D eigenvalue weighted by Crippen LogP contribution is 2.31. The van der Waals surface area contributed by atoms with Crippen LogP contribution in [0.4, 0.5) is 8.78 Å². The second-order valence-corrected chi connectivity index (χ2v) is 8.66. The van der Waals surface area contributed by atoms with Gasteiger partial charge in [0.1, 0.15) is 11.6 Å². The molecule has 138 valence electrons. The fourth-order valence-corrected chi connectivity index (χ4v) is 3.45. The number of hydrogen-bond acceptors (Lipinski definition) is 3. The minimum absolute atomic E-state index is 0.0121. The first kappa shape index (κ1) is 18.5. The van der Waals surface area contributed by atoms with Crippen molar-refractivity contribution < 1.29 is 22.0 Å². The summed E-state index contributed by atoms with van der Waals surface area (Å²) < 4.78 is 50.7. The van der Waals surface area contributed by atoms with Crippen LogP contribution in [0.5, 0.6) is 0 Å². The van der Waals surface area contributed by atoms with Crippen LogP contribution < -0.4 is 0 Å². The predicted octanol–water partition coefficient (Wildman–Crippen LogP) is 3.48. The van der Waals surface area contributed by atoms with E-state index in [1.54, 1.807) is 13.0 Å². The summed E-state index contributed by atoms with van der Waals surface area (Å²) in [7, 11) is -3.45. The minimum Gasteiger partial charge on any atom is -0.331 e. The quantitative estimate of drug-likeness (QED) is 0.799. The van der Waals surface area contributed by atoms with E-state index in [9.17, 15) is 22.0 Å². The van der Waals surface area contributed by atoms with Crippen molar-refractivity contribution in [3.63, 3.8) is 0 Å². The summed E-state index contributed by atoms with van der Waals surface area (Å²) in [5.74, 6) is -1.73. The number of nitrogens with zero attached hydrogens (tertiary/aromatic N) is 1. The number of benzene rings is 2. The van der Waals surface area contributed by atoms with Crippen molar-refractivity contribution >= 4 is 15.7 Å². The molecule has 0 bridgehead atoms. The highest BCUT2D eigenvalue weighted by Gasteiger charge is 2.34. The van der Waals surface area contributed by atoms with Crippen LogP contribution >= 0.6 is 0 Å². The summed E-state index contributed by atoms with van der Waals surface area (Å²) in [6.45, 7) is 1.74. The van der Waals surface area contributed by atoms with Crippen molar-refractivity contribution in [2.45, 2.75) is 37.2 Å². The van der Waals surface area contributed by atoms with Crippen molar-refractivity contribution in [1.82, 2.24) is 4.90 Å².